The van der Waals surface area contributed by atoms with Crippen molar-refractivity contribution in [3.05, 3.63) is 53.9 Å². The molecule has 6 aliphatic rings. The fourth-order valence-corrected chi connectivity index (χ4v) is 11.8. The van der Waals surface area contributed by atoms with Gasteiger partial charge in [0.1, 0.15) is 36.5 Å². The number of aryl methyl sites for hydroxylation is 1. The number of nitrogens with two attached hydrogens (primary N) is 1. The summed E-state index contributed by atoms with van der Waals surface area (Å²) in [6.07, 6.45) is 14.7. The van der Waals surface area contributed by atoms with Crippen LogP contribution in [-0.4, -0.2) is 125 Å². The molecule has 350 valence electrons. The molecule has 14 heteroatoms. The molecule has 3 saturated heterocycles. The Kier molecular flexibility index (Phi) is 16.3. The van der Waals surface area contributed by atoms with E-state index in [0.717, 1.165) is 70.0 Å². The van der Waals surface area contributed by atoms with E-state index in [2.05, 4.69) is 44.0 Å². The number of ketones is 1. The normalized spacial score (nSPS) is 39.7. The Labute approximate surface area is 374 Å². The Morgan fingerprint density at radius 2 is 1.70 bits per heavy atom. The molecule has 14 nitrogen and oxygen atoms in total. The van der Waals surface area contributed by atoms with Gasteiger partial charge in [0.05, 0.1) is 30.8 Å². The van der Waals surface area contributed by atoms with Crippen molar-refractivity contribution >= 4 is 17.7 Å². The Hall–Kier alpha value is -3.08. The number of Topliss-reactive ketones (excluding diaryl/α,β-unsaturated/α-hetero) is 1. The minimum Gasteiger partial charge on any atom is -0.462 e. The number of methoxy groups -OCH3 is 3. The number of likely N-dealkylation sites (N-methyl/N-ethyl adjacent to an activating group) is 1. The van der Waals surface area contributed by atoms with Crippen molar-refractivity contribution in [1.29, 1.82) is 0 Å². The van der Waals surface area contributed by atoms with Crippen LogP contribution in [0.2, 0.25) is 0 Å². The lowest BCUT2D eigenvalue weighted by molar-refractivity contribution is -0.697. The molecular weight excluding hydrogens is 807 g/mol. The number of hydrogen-bond donors (Lipinski definition) is 1. The van der Waals surface area contributed by atoms with Gasteiger partial charge in [-0.05, 0) is 108 Å². The first-order chi connectivity index (χ1) is 30.3. The van der Waals surface area contributed by atoms with Gasteiger partial charge in [-0.1, -0.05) is 32.1 Å². The van der Waals surface area contributed by atoms with Crippen molar-refractivity contribution in [2.24, 2.45) is 41.2 Å². The number of rotatable bonds is 14. The van der Waals surface area contributed by atoms with Gasteiger partial charge in [-0.15, -0.1) is 0 Å². The minimum atomic E-state index is -0.614. The first kappa shape index (κ1) is 47.9. The number of fused-ring (bicyclic) bond motifs is 5. The Morgan fingerprint density at radius 1 is 0.921 bits per heavy atom. The number of esters is 1. The summed E-state index contributed by atoms with van der Waals surface area (Å²) in [5.41, 5.74) is 6.72. The molecular formula is C49H74N3O11+. The minimum absolute atomic E-state index is 0.0134. The third-order valence-corrected chi connectivity index (χ3v) is 15.2. The number of primary amides is 1. The molecule has 1 aromatic rings. The lowest BCUT2D eigenvalue weighted by Gasteiger charge is -2.44. The van der Waals surface area contributed by atoms with Crippen LogP contribution in [0.25, 0.3) is 0 Å². The van der Waals surface area contributed by atoms with E-state index < -0.39 is 30.5 Å². The predicted molar refractivity (Wildman–Crippen MR) is 233 cm³/mol. The topological polar surface area (TPSA) is 158 Å². The number of hydrogen-bond acceptors (Lipinski definition) is 12. The summed E-state index contributed by atoms with van der Waals surface area (Å²) in [5.74, 6) is -0.665. The molecule has 0 aromatic carbocycles. The zero-order valence-electron chi connectivity index (χ0n) is 38.8. The molecule has 1 saturated carbocycles. The SMILES string of the molecule is CC[C@H]1CCC[C@H](O[C@H]2CC[C@H](N(C)CCC[n+]3cccc(C(N)=O)c3)[C@@H](C)O2)[C@@H](C)C(=O)C2=C[C@@H]3[C@@H](C=C[C@@H]4C[C@@H](O[C@@H]5O[C@@H](C)[C@H](OC)[C@@H](OC)[C@H]5OC)C[C@@H]34)[C@@H]2CC(=O)O1. The van der Waals surface area contributed by atoms with Crippen molar-refractivity contribution in [3.8, 4) is 0 Å². The van der Waals surface area contributed by atoms with Crippen LogP contribution in [0.1, 0.15) is 102 Å². The standard InChI is InChI=1S/C49H73N3O11/c1-9-33-14-10-15-41(63-43-19-18-40(29(3)59-43)51(5)20-12-22-52-21-11-13-32(27-52)48(50)55)28(2)44(54)39-25-37-35(38(39)26-42(53)61-33)17-16-31-23-34(24-36(31)37)62-49-47(58-8)46(57-7)45(56-6)30(4)60-49/h11,13,16-17,21,25,27-31,33-38,40-41,43,45-47,49H,9-10,12,14-15,18-20,22-24,26H2,1-8H3,(H-,50,55)/p+1/t28-,29-,30+,31-,33+,34-,35-,36-,37-,38+,40+,41+,43+,45+,46-,47-,49+/m1/s1. The van der Waals surface area contributed by atoms with E-state index in [1.54, 1.807) is 33.6 Å². The van der Waals surface area contributed by atoms with Crippen LogP contribution >= 0.6 is 0 Å². The number of nitrogens with zero attached hydrogens (tertiary/aromatic N) is 2. The van der Waals surface area contributed by atoms with Gasteiger partial charge in [0, 0.05) is 58.2 Å². The third kappa shape index (κ3) is 10.8. The fourth-order valence-electron chi connectivity index (χ4n) is 11.8. The summed E-state index contributed by atoms with van der Waals surface area (Å²) in [6, 6.07) is 3.79. The van der Waals surface area contributed by atoms with Crippen molar-refractivity contribution in [1.82, 2.24) is 4.90 Å². The molecule has 4 fully saturated rings. The smallest absolute Gasteiger partial charge is 0.306 e. The number of carbonyl (C=O) groups excluding carboxylic acids is 3. The van der Waals surface area contributed by atoms with Crippen LogP contribution in [0, 0.1) is 35.5 Å². The second-order valence-corrected chi connectivity index (χ2v) is 19.1. The largest absolute Gasteiger partial charge is 0.462 e. The predicted octanol–water partition coefficient (Wildman–Crippen LogP) is 5.33. The number of carbonyl (C=O) groups is 3. The fraction of sp³-hybridized carbons (Fsp3) is 0.755. The van der Waals surface area contributed by atoms with Gasteiger partial charge in [0.2, 0.25) is 0 Å². The molecule has 0 spiro atoms. The van der Waals surface area contributed by atoms with Gasteiger partial charge < -0.3 is 48.5 Å². The highest BCUT2D eigenvalue weighted by atomic mass is 16.7. The molecule has 4 heterocycles. The van der Waals surface area contributed by atoms with Crippen LogP contribution in [-0.2, 0) is 54.0 Å². The van der Waals surface area contributed by atoms with E-state index in [1.807, 2.05) is 30.7 Å². The Balaban J connectivity index is 1.01. The van der Waals surface area contributed by atoms with Gasteiger partial charge in [0.15, 0.2) is 30.8 Å². The first-order valence-electron chi connectivity index (χ1n) is 23.7. The zero-order chi connectivity index (χ0) is 44.9. The van der Waals surface area contributed by atoms with Crippen molar-refractivity contribution in [2.45, 2.75) is 166 Å². The summed E-state index contributed by atoms with van der Waals surface area (Å²) in [5, 5.41) is 0. The van der Waals surface area contributed by atoms with E-state index in [0.29, 0.717) is 12.0 Å². The molecule has 1 aromatic heterocycles. The number of pyridine rings is 1. The number of allylic oxidation sites excluding steroid dienone is 4. The van der Waals surface area contributed by atoms with Gasteiger partial charge >= 0.3 is 5.97 Å². The third-order valence-electron chi connectivity index (χ3n) is 15.2. The second-order valence-electron chi connectivity index (χ2n) is 19.1. The summed E-state index contributed by atoms with van der Waals surface area (Å²) in [4.78, 5) is 42.5. The molecule has 63 heavy (non-hydrogen) atoms. The molecule has 2 N–H and O–H groups in total. The van der Waals surface area contributed by atoms with Crippen molar-refractivity contribution in [3.63, 3.8) is 0 Å². The number of aromatic nitrogens is 1. The quantitative estimate of drug-likeness (QED) is 0.146. The van der Waals surface area contributed by atoms with Crippen LogP contribution in [0.5, 0.6) is 0 Å². The number of ether oxygens (including phenoxy) is 8. The van der Waals surface area contributed by atoms with E-state index in [1.165, 1.54) is 0 Å². The van der Waals surface area contributed by atoms with Crippen LogP contribution < -0.4 is 10.3 Å². The van der Waals surface area contributed by atoms with Gasteiger partial charge in [0.25, 0.3) is 5.91 Å². The number of amides is 1. The maximum atomic E-state index is 14.9. The van der Waals surface area contributed by atoms with Crippen molar-refractivity contribution in [2.75, 3.05) is 34.9 Å². The summed E-state index contributed by atoms with van der Waals surface area (Å²) >= 11 is 0. The van der Waals surface area contributed by atoms with E-state index >= 15 is 0 Å². The lowest BCUT2D eigenvalue weighted by atomic mass is 9.70. The molecule has 3 aliphatic heterocycles. The van der Waals surface area contributed by atoms with E-state index in [4.69, 9.17) is 43.6 Å². The first-order valence-corrected chi connectivity index (χ1v) is 23.7. The number of cyclic esters (lactones) is 1. The van der Waals surface area contributed by atoms with Crippen LogP contribution in [0.4, 0.5) is 0 Å². The zero-order valence-corrected chi connectivity index (χ0v) is 38.8. The Bertz CT molecular complexity index is 1790. The van der Waals surface area contributed by atoms with Crippen LogP contribution in [0.3, 0.4) is 0 Å². The molecule has 1 amide bonds. The van der Waals surface area contributed by atoms with Crippen molar-refractivity contribution < 1.29 is 56.8 Å². The molecule has 0 radical (unpaired) electrons. The molecule has 17 atom stereocenters. The molecule has 7 rings (SSSR count). The van der Waals surface area contributed by atoms with E-state index in [9.17, 15) is 14.4 Å². The van der Waals surface area contributed by atoms with Crippen LogP contribution in [0.15, 0.2) is 48.3 Å². The van der Waals surface area contributed by atoms with Gasteiger partial charge in [-0.25, -0.2) is 4.57 Å². The molecule has 3 aliphatic carbocycles. The maximum Gasteiger partial charge on any atom is 0.306 e. The second kappa shape index (κ2) is 21.5. The average Bonchev–Trinajstić information content (AvgIpc) is 3.85. The average molecular weight is 881 g/mol. The van der Waals surface area contributed by atoms with Gasteiger partial charge in [-0.2, -0.15) is 0 Å². The highest BCUT2D eigenvalue weighted by Crippen LogP contribution is 2.54. The Morgan fingerprint density at radius 3 is 2.41 bits per heavy atom. The lowest BCUT2D eigenvalue weighted by Crippen LogP contribution is -2.59. The summed E-state index contributed by atoms with van der Waals surface area (Å²) < 4.78 is 52.1. The monoisotopic (exact) mass is 881 g/mol. The summed E-state index contributed by atoms with van der Waals surface area (Å²) in [7, 11) is 7.09. The van der Waals surface area contributed by atoms with Gasteiger partial charge in [-0.3, -0.25) is 14.4 Å². The summed E-state index contributed by atoms with van der Waals surface area (Å²) in [6.45, 7) is 9.78. The highest BCUT2D eigenvalue weighted by molar-refractivity contribution is 5.99. The molecule has 0 bridgehead atoms. The maximum absolute atomic E-state index is 14.9. The molecule has 0 unspecified atom stereocenters. The highest BCUT2D eigenvalue weighted by Gasteiger charge is 2.53. The van der Waals surface area contributed by atoms with E-state index in [-0.39, 0.29) is 96.5 Å².